The van der Waals surface area contributed by atoms with Crippen molar-refractivity contribution in [2.75, 3.05) is 5.75 Å². The maximum absolute atomic E-state index is 12.4. The quantitative estimate of drug-likeness (QED) is 0.155. The Morgan fingerprint density at radius 2 is 1.80 bits per heavy atom. The van der Waals surface area contributed by atoms with Gasteiger partial charge >= 0.3 is 0 Å². The van der Waals surface area contributed by atoms with E-state index in [0.717, 1.165) is 25.7 Å². The van der Waals surface area contributed by atoms with E-state index >= 15 is 0 Å². The predicted octanol–water partition coefficient (Wildman–Crippen LogP) is 6.61. The average Bonchev–Trinajstić information content (AvgIpc) is 3.44. The second-order valence-corrected chi connectivity index (χ2v) is 12.5. The first kappa shape index (κ1) is 25.3. The first-order valence-corrected chi connectivity index (χ1v) is 13.6. The van der Waals surface area contributed by atoms with Crippen LogP contribution in [0.5, 0.6) is 0 Å². The SMILES string of the molecule is Cc1ccc(-n2c(SCC(=O)NN=Cc3ccc(Br)s3)nnc2-c2ccc(C(C)(C)C)cc2)cc1. The summed E-state index contributed by atoms with van der Waals surface area (Å²) in [5, 5.41) is 13.6. The van der Waals surface area contributed by atoms with Crippen LogP contribution in [0.15, 0.2) is 74.7 Å². The number of thiophene rings is 1. The van der Waals surface area contributed by atoms with Gasteiger partial charge < -0.3 is 0 Å². The van der Waals surface area contributed by atoms with Gasteiger partial charge in [-0.05, 0) is 58.1 Å². The highest BCUT2D eigenvalue weighted by Crippen LogP contribution is 2.30. The minimum absolute atomic E-state index is 0.0695. The Balaban J connectivity index is 1.55. The van der Waals surface area contributed by atoms with Crippen molar-refractivity contribution in [1.82, 2.24) is 20.2 Å². The van der Waals surface area contributed by atoms with Gasteiger partial charge in [-0.15, -0.1) is 21.5 Å². The molecule has 2 heterocycles. The number of carbonyl (C=O) groups excluding carboxylic acids is 1. The lowest BCUT2D eigenvalue weighted by Gasteiger charge is -2.19. The molecule has 180 valence electrons. The molecule has 0 unspecified atom stereocenters. The molecule has 4 aromatic rings. The van der Waals surface area contributed by atoms with Crippen LogP contribution in [0.25, 0.3) is 17.1 Å². The van der Waals surface area contributed by atoms with E-state index in [4.69, 9.17) is 0 Å². The molecule has 2 aromatic carbocycles. The van der Waals surface area contributed by atoms with Crippen molar-refractivity contribution in [3.8, 4) is 17.1 Å². The van der Waals surface area contributed by atoms with Crippen LogP contribution < -0.4 is 5.43 Å². The molecule has 4 rings (SSSR count). The van der Waals surface area contributed by atoms with Crippen molar-refractivity contribution in [1.29, 1.82) is 0 Å². The minimum Gasteiger partial charge on any atom is -0.272 e. The van der Waals surface area contributed by atoms with Gasteiger partial charge in [0.15, 0.2) is 11.0 Å². The van der Waals surface area contributed by atoms with E-state index in [1.807, 2.05) is 28.8 Å². The summed E-state index contributed by atoms with van der Waals surface area (Å²) in [6.45, 7) is 8.64. The third-order valence-corrected chi connectivity index (χ3v) is 7.73. The van der Waals surface area contributed by atoms with Gasteiger partial charge in [-0.25, -0.2) is 5.43 Å². The lowest BCUT2D eigenvalue weighted by Crippen LogP contribution is -2.19. The van der Waals surface area contributed by atoms with Crippen LogP contribution in [0, 0.1) is 6.92 Å². The summed E-state index contributed by atoms with van der Waals surface area (Å²) in [4.78, 5) is 13.4. The summed E-state index contributed by atoms with van der Waals surface area (Å²) in [6, 6.07) is 20.5. The van der Waals surface area contributed by atoms with Crippen LogP contribution in [-0.2, 0) is 10.2 Å². The van der Waals surface area contributed by atoms with E-state index in [0.29, 0.717) is 5.16 Å². The van der Waals surface area contributed by atoms with Crippen molar-refractivity contribution in [2.24, 2.45) is 5.10 Å². The Labute approximate surface area is 222 Å². The standard InChI is InChI=1S/C26H26BrN5OS2/c1-17-5-11-20(12-6-17)32-24(18-7-9-19(10-8-18)26(2,3)4)30-31-25(32)34-16-23(33)29-28-15-21-13-14-22(27)35-21/h5-15H,16H2,1-4H3,(H,29,33). The molecule has 35 heavy (non-hydrogen) atoms. The van der Waals surface area contributed by atoms with Crippen LogP contribution in [0.3, 0.4) is 0 Å². The number of carbonyl (C=O) groups is 1. The average molecular weight is 569 g/mol. The van der Waals surface area contributed by atoms with Gasteiger partial charge in [0.05, 0.1) is 15.8 Å². The number of aromatic nitrogens is 3. The number of aryl methyl sites for hydroxylation is 1. The van der Waals surface area contributed by atoms with E-state index in [2.05, 4.69) is 101 Å². The fraction of sp³-hybridized carbons (Fsp3) is 0.231. The highest BCUT2D eigenvalue weighted by molar-refractivity contribution is 9.11. The number of hydrogen-bond donors (Lipinski definition) is 1. The van der Waals surface area contributed by atoms with Crippen LogP contribution >= 0.6 is 39.0 Å². The smallest absolute Gasteiger partial charge is 0.250 e. The number of rotatable bonds is 7. The molecule has 0 aliphatic rings. The summed E-state index contributed by atoms with van der Waals surface area (Å²) in [5.74, 6) is 0.688. The Bertz CT molecular complexity index is 1340. The highest BCUT2D eigenvalue weighted by Gasteiger charge is 2.19. The summed E-state index contributed by atoms with van der Waals surface area (Å²) < 4.78 is 3.01. The summed E-state index contributed by atoms with van der Waals surface area (Å²) >= 11 is 6.28. The Hall–Kier alpha value is -2.75. The highest BCUT2D eigenvalue weighted by atomic mass is 79.9. The van der Waals surface area contributed by atoms with E-state index in [-0.39, 0.29) is 17.1 Å². The number of amides is 1. The van der Waals surface area contributed by atoms with E-state index in [1.165, 1.54) is 22.9 Å². The van der Waals surface area contributed by atoms with Gasteiger partial charge in [-0.1, -0.05) is 74.5 Å². The van der Waals surface area contributed by atoms with Crippen LogP contribution in [-0.4, -0.2) is 32.6 Å². The zero-order valence-corrected chi connectivity index (χ0v) is 23.2. The summed E-state index contributed by atoms with van der Waals surface area (Å²) in [7, 11) is 0. The largest absolute Gasteiger partial charge is 0.272 e. The van der Waals surface area contributed by atoms with Crippen molar-refractivity contribution in [3.05, 3.63) is 80.5 Å². The topological polar surface area (TPSA) is 72.2 Å². The third kappa shape index (κ3) is 6.48. The summed E-state index contributed by atoms with van der Waals surface area (Å²) in [6.07, 6.45) is 1.63. The molecule has 1 amide bonds. The zero-order valence-electron chi connectivity index (χ0n) is 19.9. The number of hydrogen-bond acceptors (Lipinski definition) is 6. The van der Waals surface area contributed by atoms with Crippen LogP contribution in [0.1, 0.15) is 36.8 Å². The number of benzene rings is 2. The van der Waals surface area contributed by atoms with Gasteiger partial charge in [0, 0.05) is 16.1 Å². The Kier molecular flexibility index (Phi) is 7.88. The predicted molar refractivity (Wildman–Crippen MR) is 149 cm³/mol. The molecule has 0 atom stereocenters. The van der Waals surface area contributed by atoms with Gasteiger partial charge in [-0.2, -0.15) is 5.10 Å². The maximum atomic E-state index is 12.4. The molecular weight excluding hydrogens is 542 g/mol. The molecule has 0 saturated carbocycles. The Morgan fingerprint density at radius 1 is 1.09 bits per heavy atom. The molecule has 0 fully saturated rings. The lowest BCUT2D eigenvalue weighted by atomic mass is 9.87. The van der Waals surface area contributed by atoms with E-state index in [1.54, 1.807) is 17.6 Å². The molecule has 0 bridgehead atoms. The zero-order chi connectivity index (χ0) is 25.0. The first-order chi connectivity index (χ1) is 16.7. The normalized spacial score (nSPS) is 11.8. The summed E-state index contributed by atoms with van der Waals surface area (Å²) in [5.41, 5.74) is 6.98. The monoisotopic (exact) mass is 567 g/mol. The number of hydrazone groups is 1. The van der Waals surface area contributed by atoms with Gasteiger partial charge in [0.1, 0.15) is 0 Å². The van der Waals surface area contributed by atoms with E-state index < -0.39 is 0 Å². The fourth-order valence-corrected chi connectivity index (χ4v) is 5.36. The van der Waals surface area contributed by atoms with Crippen molar-refractivity contribution in [3.63, 3.8) is 0 Å². The lowest BCUT2D eigenvalue weighted by molar-refractivity contribution is -0.118. The molecule has 1 N–H and O–H groups in total. The molecule has 2 aromatic heterocycles. The number of nitrogens with zero attached hydrogens (tertiary/aromatic N) is 4. The van der Waals surface area contributed by atoms with Crippen LogP contribution in [0.4, 0.5) is 0 Å². The fourth-order valence-electron chi connectivity index (χ4n) is 3.32. The molecule has 0 aliphatic heterocycles. The van der Waals surface area contributed by atoms with Crippen molar-refractivity contribution in [2.45, 2.75) is 38.3 Å². The number of nitrogens with one attached hydrogen (secondary N) is 1. The number of halogens is 1. The van der Waals surface area contributed by atoms with E-state index in [9.17, 15) is 4.79 Å². The van der Waals surface area contributed by atoms with Crippen molar-refractivity contribution >= 4 is 51.2 Å². The second kappa shape index (κ2) is 10.9. The molecule has 0 aliphatic carbocycles. The molecule has 0 radical (unpaired) electrons. The minimum atomic E-state index is -0.212. The molecule has 9 heteroatoms. The molecule has 0 spiro atoms. The molecular formula is C26H26BrN5OS2. The molecule has 0 saturated heterocycles. The molecule has 6 nitrogen and oxygen atoms in total. The Morgan fingerprint density at radius 3 is 2.43 bits per heavy atom. The third-order valence-electron chi connectivity index (χ3n) is 5.24. The van der Waals surface area contributed by atoms with Gasteiger partial charge in [0.25, 0.3) is 5.91 Å². The second-order valence-electron chi connectivity index (χ2n) is 9.03. The van der Waals surface area contributed by atoms with Crippen molar-refractivity contribution < 1.29 is 4.79 Å². The maximum Gasteiger partial charge on any atom is 0.250 e. The number of thioether (sulfide) groups is 1. The first-order valence-electron chi connectivity index (χ1n) is 11.0. The van der Waals surface area contributed by atoms with Crippen LogP contribution in [0.2, 0.25) is 0 Å². The van der Waals surface area contributed by atoms with Gasteiger partial charge in [-0.3, -0.25) is 9.36 Å². The van der Waals surface area contributed by atoms with Gasteiger partial charge in [0.2, 0.25) is 0 Å².